The van der Waals surface area contributed by atoms with Crippen LogP contribution in [0.1, 0.15) is 57.2 Å². The zero-order chi connectivity index (χ0) is 11.1. The van der Waals surface area contributed by atoms with Crippen molar-refractivity contribution in [2.45, 2.75) is 51.9 Å². The normalized spacial score (nSPS) is 13.0. The maximum absolute atomic E-state index is 5.46. The molecule has 0 aliphatic carbocycles. The SMILES string of the molecule is CCCCc1noc(C(C)CCCN)n1. The van der Waals surface area contributed by atoms with Crippen LogP contribution in [-0.4, -0.2) is 16.7 Å². The molecule has 4 nitrogen and oxygen atoms in total. The van der Waals surface area contributed by atoms with E-state index < -0.39 is 0 Å². The fraction of sp³-hybridized carbons (Fsp3) is 0.818. The second-order valence-electron chi connectivity index (χ2n) is 3.98. The summed E-state index contributed by atoms with van der Waals surface area (Å²) < 4.78 is 5.22. The summed E-state index contributed by atoms with van der Waals surface area (Å²) >= 11 is 0. The van der Waals surface area contributed by atoms with E-state index in [9.17, 15) is 0 Å². The van der Waals surface area contributed by atoms with E-state index in [0.717, 1.165) is 50.4 Å². The van der Waals surface area contributed by atoms with Crippen LogP contribution in [0.2, 0.25) is 0 Å². The van der Waals surface area contributed by atoms with Crippen LogP contribution in [0.15, 0.2) is 4.52 Å². The quantitative estimate of drug-likeness (QED) is 0.751. The van der Waals surface area contributed by atoms with Crippen LogP contribution in [-0.2, 0) is 6.42 Å². The second-order valence-corrected chi connectivity index (χ2v) is 3.98. The Morgan fingerprint density at radius 1 is 1.40 bits per heavy atom. The Hall–Kier alpha value is -0.900. The van der Waals surface area contributed by atoms with Gasteiger partial charge in [0.1, 0.15) is 0 Å². The largest absolute Gasteiger partial charge is 0.339 e. The first-order chi connectivity index (χ1) is 7.27. The molecule has 2 N–H and O–H groups in total. The lowest BCUT2D eigenvalue weighted by atomic mass is 10.1. The minimum Gasteiger partial charge on any atom is -0.339 e. The summed E-state index contributed by atoms with van der Waals surface area (Å²) in [5.41, 5.74) is 5.46. The van der Waals surface area contributed by atoms with Gasteiger partial charge in [-0.05, 0) is 25.8 Å². The average Bonchev–Trinajstić information content (AvgIpc) is 2.71. The molecular formula is C11H21N3O. The van der Waals surface area contributed by atoms with Gasteiger partial charge in [-0.15, -0.1) is 0 Å². The molecule has 4 heteroatoms. The summed E-state index contributed by atoms with van der Waals surface area (Å²) in [7, 11) is 0. The van der Waals surface area contributed by atoms with E-state index in [1.165, 1.54) is 0 Å². The highest BCUT2D eigenvalue weighted by atomic mass is 16.5. The lowest BCUT2D eigenvalue weighted by Gasteiger charge is -2.03. The van der Waals surface area contributed by atoms with Crippen molar-refractivity contribution in [3.63, 3.8) is 0 Å². The third kappa shape index (κ3) is 4.00. The Bertz CT molecular complexity index is 273. The highest BCUT2D eigenvalue weighted by Crippen LogP contribution is 2.18. The van der Waals surface area contributed by atoms with Crippen LogP contribution in [0.4, 0.5) is 0 Å². The molecule has 1 rings (SSSR count). The molecule has 86 valence electrons. The van der Waals surface area contributed by atoms with Gasteiger partial charge in [0, 0.05) is 12.3 Å². The molecule has 1 aromatic rings. The fourth-order valence-electron chi connectivity index (χ4n) is 1.45. The molecular weight excluding hydrogens is 190 g/mol. The molecule has 0 aliphatic heterocycles. The minimum absolute atomic E-state index is 0.330. The van der Waals surface area contributed by atoms with Gasteiger partial charge in [0.05, 0.1) is 0 Å². The Morgan fingerprint density at radius 2 is 2.20 bits per heavy atom. The molecule has 1 unspecified atom stereocenters. The Balaban J connectivity index is 2.43. The molecule has 0 bridgehead atoms. The molecule has 0 radical (unpaired) electrons. The number of aryl methyl sites for hydroxylation is 1. The van der Waals surface area contributed by atoms with E-state index >= 15 is 0 Å². The summed E-state index contributed by atoms with van der Waals surface area (Å²) in [4.78, 5) is 4.38. The molecule has 0 aliphatic rings. The molecule has 0 spiro atoms. The Kier molecular flexibility index (Phi) is 5.32. The van der Waals surface area contributed by atoms with Crippen molar-refractivity contribution in [2.75, 3.05) is 6.54 Å². The monoisotopic (exact) mass is 211 g/mol. The predicted octanol–water partition coefficient (Wildman–Crippen LogP) is 2.25. The van der Waals surface area contributed by atoms with E-state index in [0.29, 0.717) is 5.92 Å². The third-order valence-electron chi connectivity index (χ3n) is 2.50. The first kappa shape index (κ1) is 12.2. The maximum Gasteiger partial charge on any atom is 0.229 e. The van der Waals surface area contributed by atoms with Crippen LogP contribution in [0.5, 0.6) is 0 Å². The molecule has 0 saturated carbocycles. The Morgan fingerprint density at radius 3 is 2.87 bits per heavy atom. The summed E-state index contributed by atoms with van der Waals surface area (Å²) in [5.74, 6) is 1.93. The summed E-state index contributed by atoms with van der Waals surface area (Å²) in [5, 5.41) is 3.97. The smallest absolute Gasteiger partial charge is 0.229 e. The summed E-state index contributed by atoms with van der Waals surface area (Å²) in [6, 6.07) is 0. The summed E-state index contributed by atoms with van der Waals surface area (Å²) in [6.07, 6.45) is 5.23. The molecule has 0 aromatic carbocycles. The van der Waals surface area contributed by atoms with E-state index in [4.69, 9.17) is 10.3 Å². The second kappa shape index (κ2) is 6.56. The van der Waals surface area contributed by atoms with E-state index in [-0.39, 0.29) is 0 Å². The zero-order valence-corrected chi connectivity index (χ0v) is 9.70. The zero-order valence-electron chi connectivity index (χ0n) is 9.70. The van der Waals surface area contributed by atoms with Crippen molar-refractivity contribution >= 4 is 0 Å². The van der Waals surface area contributed by atoms with Gasteiger partial charge in [-0.25, -0.2) is 0 Å². The number of hydrogen-bond acceptors (Lipinski definition) is 4. The highest BCUT2D eigenvalue weighted by Gasteiger charge is 2.13. The van der Waals surface area contributed by atoms with Gasteiger partial charge in [0.15, 0.2) is 5.82 Å². The number of hydrogen-bond donors (Lipinski definition) is 1. The lowest BCUT2D eigenvalue weighted by molar-refractivity contribution is 0.348. The molecule has 0 fully saturated rings. The average molecular weight is 211 g/mol. The van der Waals surface area contributed by atoms with Gasteiger partial charge in [0.25, 0.3) is 0 Å². The van der Waals surface area contributed by atoms with Crippen molar-refractivity contribution in [3.8, 4) is 0 Å². The van der Waals surface area contributed by atoms with Gasteiger partial charge < -0.3 is 10.3 Å². The first-order valence-electron chi connectivity index (χ1n) is 5.80. The topological polar surface area (TPSA) is 64.9 Å². The highest BCUT2D eigenvalue weighted by molar-refractivity contribution is 4.92. The van der Waals surface area contributed by atoms with E-state index in [1.54, 1.807) is 0 Å². The molecule has 15 heavy (non-hydrogen) atoms. The maximum atomic E-state index is 5.46. The van der Waals surface area contributed by atoms with Crippen molar-refractivity contribution in [2.24, 2.45) is 5.73 Å². The number of aromatic nitrogens is 2. The molecule has 1 aromatic heterocycles. The number of unbranched alkanes of at least 4 members (excludes halogenated alkanes) is 1. The number of rotatable bonds is 7. The third-order valence-corrected chi connectivity index (χ3v) is 2.50. The van der Waals surface area contributed by atoms with Crippen LogP contribution >= 0.6 is 0 Å². The molecule has 1 atom stereocenters. The number of nitrogens with two attached hydrogens (primary N) is 1. The van der Waals surface area contributed by atoms with Crippen LogP contribution in [0.3, 0.4) is 0 Å². The molecule has 1 heterocycles. The van der Waals surface area contributed by atoms with Crippen LogP contribution < -0.4 is 5.73 Å². The lowest BCUT2D eigenvalue weighted by Crippen LogP contribution is -2.02. The molecule has 0 saturated heterocycles. The first-order valence-corrected chi connectivity index (χ1v) is 5.80. The van der Waals surface area contributed by atoms with Gasteiger partial charge >= 0.3 is 0 Å². The van der Waals surface area contributed by atoms with Gasteiger partial charge in [-0.1, -0.05) is 25.4 Å². The van der Waals surface area contributed by atoms with Crippen molar-refractivity contribution in [1.29, 1.82) is 0 Å². The van der Waals surface area contributed by atoms with Gasteiger partial charge in [0.2, 0.25) is 5.89 Å². The fourth-order valence-corrected chi connectivity index (χ4v) is 1.45. The van der Waals surface area contributed by atoms with Crippen molar-refractivity contribution in [3.05, 3.63) is 11.7 Å². The van der Waals surface area contributed by atoms with Gasteiger partial charge in [-0.2, -0.15) is 4.98 Å². The van der Waals surface area contributed by atoms with Crippen LogP contribution in [0, 0.1) is 0 Å². The minimum atomic E-state index is 0.330. The van der Waals surface area contributed by atoms with E-state index in [2.05, 4.69) is 24.0 Å². The van der Waals surface area contributed by atoms with Crippen LogP contribution in [0.25, 0.3) is 0 Å². The Labute approximate surface area is 91.2 Å². The van der Waals surface area contributed by atoms with Crippen molar-refractivity contribution in [1.82, 2.24) is 10.1 Å². The van der Waals surface area contributed by atoms with Gasteiger partial charge in [-0.3, -0.25) is 0 Å². The van der Waals surface area contributed by atoms with Crippen molar-refractivity contribution < 1.29 is 4.52 Å². The van der Waals surface area contributed by atoms with E-state index in [1.807, 2.05) is 0 Å². The molecule has 0 amide bonds. The number of nitrogens with zero attached hydrogens (tertiary/aromatic N) is 2. The predicted molar refractivity (Wildman–Crippen MR) is 59.6 cm³/mol. The standard InChI is InChI=1S/C11H21N3O/c1-3-4-7-10-13-11(15-14-10)9(2)6-5-8-12/h9H,3-8,12H2,1-2H3. The summed E-state index contributed by atoms with van der Waals surface area (Å²) in [6.45, 7) is 4.98.